The molecule has 0 bridgehead atoms. The Labute approximate surface area is 244 Å². The van der Waals surface area contributed by atoms with Crippen LogP contribution in [0.15, 0.2) is 94.7 Å². The van der Waals surface area contributed by atoms with Crippen LogP contribution in [0.2, 0.25) is 0 Å². The normalized spacial score (nSPS) is 14.5. The molecule has 1 spiro atoms. The summed E-state index contributed by atoms with van der Waals surface area (Å²) >= 11 is 0. The van der Waals surface area contributed by atoms with E-state index in [9.17, 15) is 16.8 Å². The first-order valence-corrected chi connectivity index (χ1v) is 18.0. The minimum atomic E-state index is -3.48. The van der Waals surface area contributed by atoms with E-state index in [0.29, 0.717) is 22.6 Å². The summed E-state index contributed by atoms with van der Waals surface area (Å²) in [7, 11) is -6.97. The van der Waals surface area contributed by atoms with E-state index in [4.69, 9.17) is 0 Å². The predicted molar refractivity (Wildman–Crippen MR) is 166 cm³/mol. The summed E-state index contributed by atoms with van der Waals surface area (Å²) in [4.78, 5) is 0.655. The van der Waals surface area contributed by atoms with E-state index in [-0.39, 0.29) is 11.5 Å². The van der Waals surface area contributed by atoms with Crippen LogP contribution >= 0.6 is 0 Å². The van der Waals surface area contributed by atoms with Gasteiger partial charge in [-0.2, -0.15) is 0 Å². The highest BCUT2D eigenvalue weighted by Crippen LogP contribution is 2.63. The monoisotopic (exact) mass is 584 g/mol. The van der Waals surface area contributed by atoms with Crippen molar-refractivity contribution in [2.45, 2.75) is 67.6 Å². The van der Waals surface area contributed by atoms with Gasteiger partial charge in [0.2, 0.25) is 0 Å². The van der Waals surface area contributed by atoms with Gasteiger partial charge in [-0.05, 0) is 81.6 Å². The fourth-order valence-corrected chi connectivity index (χ4v) is 9.59. The molecule has 0 atom stereocenters. The lowest BCUT2D eigenvalue weighted by molar-refractivity contribution is 0.589. The molecule has 0 N–H and O–H groups in total. The molecular formula is C35H36O4S2. The van der Waals surface area contributed by atoms with Crippen LogP contribution in [0, 0.1) is 0 Å². The number of unbranched alkanes of at least 4 members (excludes halogenated alkanes) is 4. The smallest absolute Gasteiger partial charge is 0.178 e. The average molecular weight is 585 g/mol. The van der Waals surface area contributed by atoms with Crippen molar-refractivity contribution in [2.75, 3.05) is 11.5 Å². The summed E-state index contributed by atoms with van der Waals surface area (Å²) in [6.07, 6.45) is 4.91. The molecule has 0 saturated heterocycles. The lowest BCUT2D eigenvalue weighted by atomic mass is 9.70. The van der Waals surface area contributed by atoms with E-state index < -0.39 is 25.1 Å². The van der Waals surface area contributed by atoms with Crippen LogP contribution in [0.25, 0.3) is 22.3 Å². The first-order chi connectivity index (χ1) is 19.8. The van der Waals surface area contributed by atoms with Gasteiger partial charge in [-0.15, -0.1) is 0 Å². The lowest BCUT2D eigenvalue weighted by Gasteiger charge is -2.31. The first-order valence-electron chi connectivity index (χ1n) is 14.7. The quantitative estimate of drug-likeness (QED) is 0.153. The summed E-state index contributed by atoms with van der Waals surface area (Å²) in [6, 6.07) is 27.5. The summed E-state index contributed by atoms with van der Waals surface area (Å²) in [5.41, 5.74) is 7.21. The van der Waals surface area contributed by atoms with Gasteiger partial charge in [-0.1, -0.05) is 100 Å². The van der Waals surface area contributed by atoms with E-state index >= 15 is 0 Å². The SMILES string of the molecule is CCCCCS(=O)(=O)c1ccc2c(c1)C1(c3ccccc3-c3ccccc31)c1cc(S(=O)(=O)CCCCC)ccc1-2. The fraction of sp³-hybridized carbons (Fsp3) is 0.314. The van der Waals surface area contributed by atoms with Gasteiger partial charge in [0.15, 0.2) is 19.7 Å². The summed E-state index contributed by atoms with van der Waals surface area (Å²) in [5.74, 6) is 0.236. The topological polar surface area (TPSA) is 68.3 Å². The molecule has 4 nitrogen and oxygen atoms in total. The molecule has 0 aliphatic heterocycles. The molecule has 2 aliphatic rings. The van der Waals surface area contributed by atoms with Crippen molar-refractivity contribution in [3.63, 3.8) is 0 Å². The number of fused-ring (bicyclic) bond motifs is 10. The highest BCUT2D eigenvalue weighted by Gasteiger charge is 2.52. The van der Waals surface area contributed by atoms with Crippen LogP contribution in [0.1, 0.15) is 74.6 Å². The molecular weight excluding hydrogens is 549 g/mol. The summed E-state index contributed by atoms with van der Waals surface area (Å²) in [6.45, 7) is 4.13. The highest BCUT2D eigenvalue weighted by molar-refractivity contribution is 7.91. The van der Waals surface area contributed by atoms with Crippen molar-refractivity contribution < 1.29 is 16.8 Å². The third-order valence-corrected chi connectivity index (χ3v) is 12.4. The number of hydrogen-bond donors (Lipinski definition) is 0. The van der Waals surface area contributed by atoms with Gasteiger partial charge in [0, 0.05) is 0 Å². The molecule has 0 unspecified atom stereocenters. The number of benzene rings is 4. The second-order valence-corrected chi connectivity index (χ2v) is 15.5. The van der Waals surface area contributed by atoms with Crippen LogP contribution in [0.4, 0.5) is 0 Å². The van der Waals surface area contributed by atoms with Crippen molar-refractivity contribution in [3.8, 4) is 22.3 Å². The van der Waals surface area contributed by atoms with E-state index in [0.717, 1.165) is 70.2 Å². The van der Waals surface area contributed by atoms with Gasteiger partial charge < -0.3 is 0 Å². The molecule has 0 heterocycles. The molecule has 0 amide bonds. The van der Waals surface area contributed by atoms with E-state index in [1.54, 1.807) is 12.1 Å². The zero-order chi connectivity index (χ0) is 28.8. The Morgan fingerprint density at radius 2 is 0.878 bits per heavy atom. The Hall–Kier alpha value is -3.22. The molecule has 0 radical (unpaired) electrons. The first kappa shape index (κ1) is 27.9. The van der Waals surface area contributed by atoms with E-state index in [2.05, 4.69) is 38.1 Å². The predicted octanol–water partition coefficient (Wildman–Crippen LogP) is 7.96. The Morgan fingerprint density at radius 3 is 1.29 bits per heavy atom. The fourth-order valence-electron chi connectivity index (χ4n) is 6.80. The zero-order valence-corrected chi connectivity index (χ0v) is 25.3. The van der Waals surface area contributed by atoms with Crippen LogP contribution in [0.5, 0.6) is 0 Å². The zero-order valence-electron chi connectivity index (χ0n) is 23.7. The molecule has 0 fully saturated rings. The molecule has 41 heavy (non-hydrogen) atoms. The molecule has 6 heteroatoms. The summed E-state index contributed by atoms with van der Waals surface area (Å²) < 4.78 is 54.0. The number of sulfone groups is 2. The third-order valence-electron chi connectivity index (χ3n) is 8.78. The number of hydrogen-bond acceptors (Lipinski definition) is 4. The van der Waals surface area contributed by atoms with Crippen molar-refractivity contribution in [1.29, 1.82) is 0 Å². The van der Waals surface area contributed by atoms with Crippen molar-refractivity contribution in [1.82, 2.24) is 0 Å². The Balaban J connectivity index is 1.63. The third kappa shape index (κ3) is 4.38. The van der Waals surface area contributed by atoms with Crippen molar-refractivity contribution in [2.24, 2.45) is 0 Å². The Kier molecular flexibility index (Phi) is 7.19. The van der Waals surface area contributed by atoms with Gasteiger partial charge in [0.05, 0.1) is 26.7 Å². The standard InChI is InChI=1S/C35H36O4S2/c1-3-5-11-21-40(36,37)25-17-19-29-30-20-18-26(41(38,39)22-12-6-4-2)24-34(30)35(33(29)23-25)31-15-9-7-13-27(31)28-14-8-10-16-32(28)35/h7-10,13-20,23-24H,3-6,11-12,21-22H2,1-2H3. The van der Waals surface area contributed by atoms with E-state index in [1.807, 2.05) is 48.5 Å². The minimum Gasteiger partial charge on any atom is -0.224 e. The maximum atomic E-state index is 13.5. The van der Waals surface area contributed by atoms with Crippen LogP contribution in [-0.2, 0) is 25.1 Å². The molecule has 0 aromatic heterocycles. The maximum absolute atomic E-state index is 13.5. The van der Waals surface area contributed by atoms with Gasteiger partial charge in [0.25, 0.3) is 0 Å². The van der Waals surface area contributed by atoms with Crippen molar-refractivity contribution >= 4 is 19.7 Å². The second-order valence-electron chi connectivity index (χ2n) is 11.3. The molecule has 2 aliphatic carbocycles. The van der Waals surface area contributed by atoms with E-state index in [1.165, 1.54) is 0 Å². The van der Waals surface area contributed by atoms with Gasteiger partial charge in [0.1, 0.15) is 0 Å². The average Bonchev–Trinajstić information content (AvgIpc) is 3.44. The van der Waals surface area contributed by atoms with Gasteiger partial charge >= 0.3 is 0 Å². The van der Waals surface area contributed by atoms with Gasteiger partial charge in [-0.3, -0.25) is 0 Å². The van der Waals surface area contributed by atoms with Crippen LogP contribution < -0.4 is 0 Å². The lowest BCUT2D eigenvalue weighted by Crippen LogP contribution is -2.26. The molecule has 4 aromatic carbocycles. The molecule has 6 rings (SSSR count). The van der Waals surface area contributed by atoms with Crippen LogP contribution in [-0.4, -0.2) is 28.3 Å². The number of rotatable bonds is 10. The largest absolute Gasteiger partial charge is 0.224 e. The molecule has 4 aromatic rings. The van der Waals surface area contributed by atoms with Crippen molar-refractivity contribution in [3.05, 3.63) is 107 Å². The molecule has 212 valence electrons. The maximum Gasteiger partial charge on any atom is 0.178 e. The summed E-state index contributed by atoms with van der Waals surface area (Å²) in [5, 5.41) is 0. The molecule has 0 saturated carbocycles. The van der Waals surface area contributed by atoms with Gasteiger partial charge in [-0.25, -0.2) is 16.8 Å². The minimum absolute atomic E-state index is 0.118. The Morgan fingerprint density at radius 1 is 0.488 bits per heavy atom. The van der Waals surface area contributed by atoms with Crippen LogP contribution in [0.3, 0.4) is 0 Å². The highest BCUT2D eigenvalue weighted by atomic mass is 32.2. The second kappa shape index (κ2) is 10.6. The Bertz CT molecular complexity index is 1720.